The van der Waals surface area contributed by atoms with Crippen molar-refractivity contribution >= 4 is 0 Å². The molecule has 0 aliphatic heterocycles. The zero-order valence-electron chi connectivity index (χ0n) is 11.6. The highest BCUT2D eigenvalue weighted by Crippen LogP contribution is 2.48. The molecule has 106 valence electrons. The Kier molecular flexibility index (Phi) is 3.93. The van der Waals surface area contributed by atoms with Crippen molar-refractivity contribution in [2.24, 2.45) is 23.5 Å². The van der Waals surface area contributed by atoms with E-state index in [1.54, 1.807) is 12.1 Å². The van der Waals surface area contributed by atoms with Gasteiger partial charge in [-0.1, -0.05) is 18.3 Å². The molecule has 3 unspecified atom stereocenters. The first-order valence-electron chi connectivity index (χ1n) is 7.37. The first-order valence-corrected chi connectivity index (χ1v) is 7.37. The van der Waals surface area contributed by atoms with Gasteiger partial charge in [0.1, 0.15) is 11.6 Å². The Labute approximate surface area is 119 Å². The fourth-order valence-electron chi connectivity index (χ4n) is 3.62. The number of hydrogen-bond donors (Lipinski definition) is 1. The number of benzene rings is 1. The first kappa shape index (κ1) is 13.5. The predicted octanol–water partition coefficient (Wildman–Crippen LogP) is 2.95. The molecule has 0 heterocycles. The van der Waals surface area contributed by atoms with Crippen molar-refractivity contribution in [3.8, 4) is 17.6 Å². The van der Waals surface area contributed by atoms with E-state index in [1.807, 2.05) is 0 Å². The molecular formula is C17H20FNO. The molecule has 2 saturated carbocycles. The summed E-state index contributed by atoms with van der Waals surface area (Å²) >= 11 is 0. The third kappa shape index (κ3) is 2.81. The average molecular weight is 273 g/mol. The van der Waals surface area contributed by atoms with Gasteiger partial charge in [-0.2, -0.15) is 0 Å². The zero-order valence-corrected chi connectivity index (χ0v) is 11.6. The maximum absolute atomic E-state index is 13.8. The second kappa shape index (κ2) is 5.85. The van der Waals surface area contributed by atoms with Crippen molar-refractivity contribution in [2.75, 3.05) is 13.2 Å². The monoisotopic (exact) mass is 273 g/mol. The Morgan fingerprint density at radius 2 is 2.20 bits per heavy atom. The summed E-state index contributed by atoms with van der Waals surface area (Å²) in [5, 5.41) is 0. The number of fused-ring (bicyclic) bond motifs is 2. The number of ether oxygens (including phenoxy) is 1. The minimum absolute atomic E-state index is 0.238. The van der Waals surface area contributed by atoms with E-state index in [0.29, 0.717) is 23.8 Å². The molecule has 3 heteroatoms. The van der Waals surface area contributed by atoms with E-state index in [0.717, 1.165) is 11.8 Å². The minimum atomic E-state index is -0.337. The molecule has 2 fully saturated rings. The van der Waals surface area contributed by atoms with Crippen molar-refractivity contribution in [3.05, 3.63) is 29.6 Å². The quantitative estimate of drug-likeness (QED) is 0.859. The van der Waals surface area contributed by atoms with Gasteiger partial charge in [0.05, 0.1) is 18.7 Å². The number of hydrogen-bond acceptors (Lipinski definition) is 2. The lowest BCUT2D eigenvalue weighted by Crippen LogP contribution is -2.18. The molecule has 3 atom stereocenters. The van der Waals surface area contributed by atoms with Gasteiger partial charge in [-0.25, -0.2) is 4.39 Å². The third-order valence-electron chi connectivity index (χ3n) is 4.61. The van der Waals surface area contributed by atoms with Crippen LogP contribution in [0.15, 0.2) is 18.2 Å². The summed E-state index contributed by atoms with van der Waals surface area (Å²) in [6, 6.07) is 4.87. The van der Waals surface area contributed by atoms with Gasteiger partial charge in [0.2, 0.25) is 0 Å². The normalized spacial score (nSPS) is 27.2. The molecule has 1 aromatic carbocycles. The van der Waals surface area contributed by atoms with Gasteiger partial charge in [0, 0.05) is 6.07 Å². The summed E-state index contributed by atoms with van der Waals surface area (Å²) in [5.74, 6) is 8.04. The number of nitrogens with two attached hydrogens (primary N) is 1. The molecule has 0 spiro atoms. The largest absolute Gasteiger partial charge is 0.493 e. The summed E-state index contributed by atoms with van der Waals surface area (Å²) in [6.07, 6.45) is 5.40. The van der Waals surface area contributed by atoms with Crippen LogP contribution in [0.5, 0.6) is 5.75 Å². The van der Waals surface area contributed by atoms with Gasteiger partial charge in [0.25, 0.3) is 0 Å². The second-order valence-electron chi connectivity index (χ2n) is 5.89. The molecule has 0 saturated heterocycles. The molecule has 2 N–H and O–H groups in total. The van der Waals surface area contributed by atoms with E-state index < -0.39 is 0 Å². The van der Waals surface area contributed by atoms with Crippen LogP contribution in [0.2, 0.25) is 0 Å². The highest BCUT2D eigenvalue weighted by Gasteiger charge is 2.39. The molecule has 20 heavy (non-hydrogen) atoms. The van der Waals surface area contributed by atoms with Crippen LogP contribution in [0.25, 0.3) is 0 Å². The van der Waals surface area contributed by atoms with Crippen LogP contribution in [0, 0.1) is 35.4 Å². The van der Waals surface area contributed by atoms with E-state index >= 15 is 0 Å². The average Bonchev–Trinajstić information content (AvgIpc) is 3.06. The minimum Gasteiger partial charge on any atom is -0.493 e. The van der Waals surface area contributed by atoms with Gasteiger partial charge in [-0.3, -0.25) is 0 Å². The Morgan fingerprint density at radius 1 is 1.30 bits per heavy atom. The van der Waals surface area contributed by atoms with Crippen LogP contribution in [-0.4, -0.2) is 13.2 Å². The van der Waals surface area contributed by atoms with Crippen LogP contribution in [0.1, 0.15) is 31.2 Å². The highest BCUT2D eigenvalue weighted by molar-refractivity contribution is 5.39. The summed E-state index contributed by atoms with van der Waals surface area (Å²) in [6.45, 7) is 0.955. The van der Waals surface area contributed by atoms with Crippen molar-refractivity contribution < 1.29 is 9.13 Å². The van der Waals surface area contributed by atoms with Crippen LogP contribution in [0.3, 0.4) is 0 Å². The van der Waals surface area contributed by atoms with Crippen LogP contribution >= 0.6 is 0 Å². The molecule has 1 aromatic rings. The smallest absolute Gasteiger partial charge is 0.142 e. The molecule has 0 aromatic heterocycles. The van der Waals surface area contributed by atoms with E-state index in [2.05, 4.69) is 11.8 Å². The molecule has 3 rings (SSSR count). The lowest BCUT2D eigenvalue weighted by molar-refractivity contribution is 0.194. The van der Waals surface area contributed by atoms with Crippen molar-refractivity contribution in [1.82, 2.24) is 0 Å². The Hall–Kier alpha value is -1.53. The van der Waals surface area contributed by atoms with Crippen LogP contribution in [-0.2, 0) is 0 Å². The summed E-state index contributed by atoms with van der Waals surface area (Å²) in [4.78, 5) is 0. The zero-order chi connectivity index (χ0) is 13.9. The SMILES string of the molecule is NCC#Cc1ccc(OCC2CC3CCC2C3)cc1F. The Balaban J connectivity index is 1.59. The van der Waals surface area contributed by atoms with Gasteiger partial charge < -0.3 is 10.5 Å². The van der Waals surface area contributed by atoms with E-state index in [4.69, 9.17) is 10.5 Å². The fourth-order valence-corrected chi connectivity index (χ4v) is 3.62. The summed E-state index contributed by atoms with van der Waals surface area (Å²) < 4.78 is 19.6. The molecule has 2 aliphatic carbocycles. The predicted molar refractivity (Wildman–Crippen MR) is 76.8 cm³/mol. The van der Waals surface area contributed by atoms with Crippen molar-refractivity contribution in [2.45, 2.75) is 25.7 Å². The molecule has 2 bridgehead atoms. The maximum Gasteiger partial charge on any atom is 0.142 e. The Bertz CT molecular complexity index is 546. The molecule has 2 nitrogen and oxygen atoms in total. The fraction of sp³-hybridized carbons (Fsp3) is 0.529. The highest BCUT2D eigenvalue weighted by atomic mass is 19.1. The van der Waals surface area contributed by atoms with Gasteiger partial charge in [-0.05, 0) is 49.1 Å². The summed E-state index contributed by atoms with van der Waals surface area (Å²) in [7, 11) is 0. The molecular weight excluding hydrogens is 253 g/mol. The standard InChI is InChI=1S/C17H20FNO/c18-17-10-16(6-5-13(17)2-1-7-19)20-11-15-9-12-3-4-14(15)8-12/h5-6,10,12,14-15H,3-4,7-9,11,19H2. The van der Waals surface area contributed by atoms with Crippen molar-refractivity contribution in [3.63, 3.8) is 0 Å². The molecule has 2 aliphatic rings. The van der Waals surface area contributed by atoms with E-state index in [-0.39, 0.29) is 12.4 Å². The van der Waals surface area contributed by atoms with Crippen molar-refractivity contribution in [1.29, 1.82) is 0 Å². The van der Waals surface area contributed by atoms with Gasteiger partial charge in [0.15, 0.2) is 0 Å². The molecule has 0 amide bonds. The van der Waals surface area contributed by atoms with Gasteiger partial charge in [-0.15, -0.1) is 0 Å². The lowest BCUT2D eigenvalue weighted by atomic mass is 9.89. The molecule has 0 radical (unpaired) electrons. The maximum atomic E-state index is 13.8. The van der Waals surface area contributed by atoms with Gasteiger partial charge >= 0.3 is 0 Å². The van der Waals surface area contributed by atoms with E-state index in [1.165, 1.54) is 31.7 Å². The Morgan fingerprint density at radius 3 is 2.85 bits per heavy atom. The summed E-state index contributed by atoms with van der Waals surface area (Å²) in [5.41, 5.74) is 5.66. The second-order valence-corrected chi connectivity index (χ2v) is 5.89. The van der Waals surface area contributed by atoms with E-state index in [9.17, 15) is 4.39 Å². The third-order valence-corrected chi connectivity index (χ3v) is 4.61. The topological polar surface area (TPSA) is 35.2 Å². The van der Waals surface area contributed by atoms with Crippen LogP contribution in [0.4, 0.5) is 4.39 Å². The lowest BCUT2D eigenvalue weighted by Gasteiger charge is -2.21. The number of halogens is 1. The number of rotatable bonds is 3. The van der Waals surface area contributed by atoms with Crippen LogP contribution < -0.4 is 10.5 Å². The first-order chi connectivity index (χ1) is 9.76.